The second kappa shape index (κ2) is 25.0. The van der Waals surface area contributed by atoms with Crippen LogP contribution in [0.2, 0.25) is 0 Å². The van der Waals surface area contributed by atoms with Gasteiger partial charge in [-0.1, -0.05) is 89.5 Å². The summed E-state index contributed by atoms with van der Waals surface area (Å²) in [5.74, 6) is -3.39. The third kappa shape index (κ3) is 15.1. The van der Waals surface area contributed by atoms with Crippen LogP contribution in [0.15, 0.2) is 127 Å². The Kier molecular flexibility index (Phi) is 19.3. The molecule has 0 aliphatic rings. The Morgan fingerprint density at radius 1 is 0.463 bits per heavy atom. The highest BCUT2D eigenvalue weighted by Gasteiger charge is 2.18. The molecule has 0 fully saturated rings. The highest BCUT2D eigenvalue weighted by atomic mass is 16.5. The van der Waals surface area contributed by atoms with Crippen LogP contribution in [-0.4, -0.2) is 86.0 Å². The number of aliphatic hydroxyl groups is 1. The molecule has 6 rings (SSSR count). The number of carboxylic acid groups (broad SMARTS) is 1. The number of hydrogen-bond donors (Lipinski definition) is 3. The van der Waals surface area contributed by atoms with Gasteiger partial charge < -0.3 is 34.5 Å². The number of aryl methyl sites for hydroxylation is 3. The largest absolute Gasteiger partial charge is 0.478 e. The molecule has 0 saturated carbocycles. The van der Waals surface area contributed by atoms with Crippen molar-refractivity contribution in [1.82, 2.24) is 5.32 Å². The average molecular weight is 910 g/mol. The molecule has 6 aromatic carbocycles. The van der Waals surface area contributed by atoms with Crippen LogP contribution in [0.1, 0.15) is 99.6 Å². The molecular weight excluding hydrogens is 855 g/mol. The summed E-state index contributed by atoms with van der Waals surface area (Å²) in [7, 11) is 2.61. The smallest absolute Gasteiger partial charge is 0.338 e. The number of aliphatic hydroxyl groups excluding tert-OH is 1. The molecule has 0 radical (unpaired) electrons. The molecule has 13 nitrogen and oxygen atoms in total. The predicted molar refractivity (Wildman–Crippen MR) is 255 cm³/mol. The molecule has 67 heavy (non-hydrogen) atoms. The molecule has 0 aromatic heterocycles. The monoisotopic (exact) mass is 909 g/mol. The molecule has 0 aliphatic heterocycles. The van der Waals surface area contributed by atoms with E-state index in [2.05, 4.69) is 5.32 Å². The lowest BCUT2D eigenvalue weighted by molar-refractivity contribution is 0.0516. The summed E-state index contributed by atoms with van der Waals surface area (Å²) in [6.45, 7) is 11.5. The first-order valence-electron chi connectivity index (χ1n) is 21.3. The van der Waals surface area contributed by atoms with Crippen LogP contribution in [0.3, 0.4) is 0 Å². The minimum absolute atomic E-state index is 0.0659. The SMILES string of the molecule is CCOC(=O)c1cc(C(=O)N[C@@H](C)CO)cc(-c2ccc(C)cc2)c1.CCOC(=O)c1cc(C(=O)O)cc(-c2ccc(C)cc2)c1.COC(=O)c1cc(C(=O)OC)cc(-c2ccc(C)cc2)c1. The molecule has 0 saturated heterocycles. The van der Waals surface area contributed by atoms with Gasteiger partial charge >= 0.3 is 29.8 Å². The summed E-state index contributed by atoms with van der Waals surface area (Å²) in [5, 5.41) is 21.0. The zero-order valence-electron chi connectivity index (χ0n) is 38.8. The molecule has 0 unspecified atom stereocenters. The van der Waals surface area contributed by atoms with Crippen molar-refractivity contribution in [1.29, 1.82) is 0 Å². The van der Waals surface area contributed by atoms with Gasteiger partial charge in [0.1, 0.15) is 0 Å². The zero-order valence-corrected chi connectivity index (χ0v) is 38.8. The standard InChI is InChI=1S/C20H23NO4.2C17H16O4/c1-4-25-20(24)18-10-16(15-7-5-13(2)6-8-15)9-17(11-18)19(23)21-14(3)12-22;1-11-4-6-12(7-5-11)13-8-14(16(18)20-2)10-15(9-13)17(19)21-3;1-3-21-17(20)15-9-13(8-14(10-15)16(18)19)12-6-4-11(2)5-7-12/h5-11,14,22H,4,12H2,1-3H3,(H,21,23);4-10H,1-3H3;4-10H,3H2,1-2H3,(H,18,19)/t14-;;/m0../s1. The van der Waals surface area contributed by atoms with Crippen LogP contribution < -0.4 is 5.32 Å². The topological polar surface area (TPSA) is 192 Å². The summed E-state index contributed by atoms with van der Waals surface area (Å²) < 4.78 is 19.5. The molecule has 1 amide bonds. The van der Waals surface area contributed by atoms with Gasteiger partial charge in [-0.05, 0) is 130 Å². The van der Waals surface area contributed by atoms with E-state index in [1.807, 2.05) is 93.6 Å². The van der Waals surface area contributed by atoms with Crippen molar-refractivity contribution in [2.75, 3.05) is 34.0 Å². The Bertz CT molecular complexity index is 2650. The normalized spacial score (nSPS) is 10.7. The van der Waals surface area contributed by atoms with E-state index in [-0.39, 0.29) is 42.9 Å². The fourth-order valence-corrected chi connectivity index (χ4v) is 6.36. The summed E-state index contributed by atoms with van der Waals surface area (Å²) >= 11 is 0. The number of esters is 4. The molecule has 348 valence electrons. The number of methoxy groups -OCH3 is 2. The van der Waals surface area contributed by atoms with Crippen LogP contribution in [-0.2, 0) is 18.9 Å². The second-order valence-corrected chi connectivity index (χ2v) is 15.3. The Morgan fingerprint density at radius 2 is 0.761 bits per heavy atom. The van der Waals surface area contributed by atoms with E-state index in [1.165, 1.54) is 32.4 Å². The maximum absolute atomic E-state index is 12.4. The number of ether oxygens (including phenoxy) is 4. The van der Waals surface area contributed by atoms with Gasteiger partial charge in [0.05, 0.1) is 61.9 Å². The molecule has 6 aromatic rings. The third-order valence-corrected chi connectivity index (χ3v) is 9.98. The lowest BCUT2D eigenvalue weighted by Crippen LogP contribution is -2.35. The fraction of sp³-hybridized carbons (Fsp3) is 0.222. The molecule has 0 spiro atoms. The zero-order chi connectivity index (χ0) is 49.2. The van der Waals surface area contributed by atoms with Gasteiger partial charge in [-0.25, -0.2) is 24.0 Å². The molecular formula is C54H55NO12. The number of carbonyl (C=O) groups is 6. The van der Waals surface area contributed by atoms with Crippen molar-refractivity contribution >= 4 is 35.8 Å². The van der Waals surface area contributed by atoms with E-state index >= 15 is 0 Å². The first-order chi connectivity index (χ1) is 32.0. The van der Waals surface area contributed by atoms with E-state index in [1.54, 1.807) is 57.2 Å². The minimum Gasteiger partial charge on any atom is -0.478 e. The van der Waals surface area contributed by atoms with Crippen molar-refractivity contribution in [3.05, 3.63) is 177 Å². The lowest BCUT2D eigenvalue weighted by Gasteiger charge is -2.13. The van der Waals surface area contributed by atoms with Crippen molar-refractivity contribution < 1.29 is 57.9 Å². The van der Waals surface area contributed by atoms with Gasteiger partial charge in [0, 0.05) is 11.6 Å². The molecule has 0 aliphatic carbocycles. The first-order valence-corrected chi connectivity index (χ1v) is 21.3. The van der Waals surface area contributed by atoms with Gasteiger partial charge in [0.15, 0.2) is 0 Å². The number of rotatable bonds is 13. The van der Waals surface area contributed by atoms with Crippen molar-refractivity contribution in [3.63, 3.8) is 0 Å². The van der Waals surface area contributed by atoms with Crippen LogP contribution in [0, 0.1) is 20.8 Å². The second-order valence-electron chi connectivity index (χ2n) is 15.3. The van der Waals surface area contributed by atoms with Crippen LogP contribution in [0.25, 0.3) is 33.4 Å². The highest BCUT2D eigenvalue weighted by Crippen LogP contribution is 2.27. The molecule has 13 heteroatoms. The average Bonchev–Trinajstić information content (AvgIpc) is 3.34. The van der Waals surface area contributed by atoms with Crippen molar-refractivity contribution in [2.45, 2.75) is 47.6 Å². The quantitative estimate of drug-likeness (QED) is 0.0735. The number of carboxylic acids is 1. The Morgan fingerprint density at radius 3 is 1.07 bits per heavy atom. The van der Waals surface area contributed by atoms with Crippen molar-refractivity contribution in [2.24, 2.45) is 0 Å². The number of carbonyl (C=O) groups excluding carboxylic acids is 5. The number of benzene rings is 6. The number of amides is 1. The summed E-state index contributed by atoms with van der Waals surface area (Å²) in [6, 6.07) is 37.3. The highest BCUT2D eigenvalue weighted by molar-refractivity contribution is 6.00. The minimum atomic E-state index is -1.07. The molecule has 0 bridgehead atoms. The number of nitrogens with one attached hydrogen (secondary N) is 1. The Balaban J connectivity index is 0.000000221. The van der Waals surface area contributed by atoms with Gasteiger partial charge in [0.25, 0.3) is 5.91 Å². The van der Waals surface area contributed by atoms with Crippen molar-refractivity contribution in [3.8, 4) is 33.4 Å². The van der Waals surface area contributed by atoms with E-state index < -0.39 is 29.8 Å². The van der Waals surface area contributed by atoms with E-state index in [0.717, 1.165) is 44.5 Å². The van der Waals surface area contributed by atoms with E-state index in [0.29, 0.717) is 27.8 Å². The Hall–Kier alpha value is -7.90. The van der Waals surface area contributed by atoms with Crippen LogP contribution in [0.4, 0.5) is 0 Å². The van der Waals surface area contributed by atoms with Gasteiger partial charge in [0.2, 0.25) is 0 Å². The lowest BCUT2D eigenvalue weighted by atomic mass is 9.98. The summed E-state index contributed by atoms with van der Waals surface area (Å²) in [5.41, 5.74) is 9.85. The van der Waals surface area contributed by atoms with Crippen LogP contribution >= 0.6 is 0 Å². The molecule has 1 atom stereocenters. The maximum Gasteiger partial charge on any atom is 0.338 e. The van der Waals surface area contributed by atoms with Gasteiger partial charge in [-0.2, -0.15) is 0 Å². The molecule has 3 N–H and O–H groups in total. The Labute approximate surface area is 390 Å². The van der Waals surface area contributed by atoms with Crippen LogP contribution in [0.5, 0.6) is 0 Å². The number of hydrogen-bond acceptors (Lipinski definition) is 11. The van der Waals surface area contributed by atoms with E-state index in [4.69, 9.17) is 24.1 Å². The maximum atomic E-state index is 12.4. The van der Waals surface area contributed by atoms with Gasteiger partial charge in [-0.3, -0.25) is 4.79 Å². The fourth-order valence-electron chi connectivity index (χ4n) is 6.36. The third-order valence-electron chi connectivity index (χ3n) is 9.98. The molecule has 0 heterocycles. The summed E-state index contributed by atoms with van der Waals surface area (Å²) in [6.07, 6.45) is 0. The number of aromatic carboxylic acids is 1. The first kappa shape index (κ1) is 51.7. The predicted octanol–water partition coefficient (Wildman–Crippen LogP) is 9.72. The summed E-state index contributed by atoms with van der Waals surface area (Å²) in [4.78, 5) is 71.1. The van der Waals surface area contributed by atoms with Gasteiger partial charge in [-0.15, -0.1) is 0 Å². The van der Waals surface area contributed by atoms with E-state index in [9.17, 15) is 33.9 Å².